The fourth-order valence-electron chi connectivity index (χ4n) is 2.68. The Bertz CT molecular complexity index is 771. The molecule has 0 unspecified atom stereocenters. The van der Waals surface area contributed by atoms with Crippen molar-refractivity contribution in [3.8, 4) is 0 Å². The molecule has 1 amide bonds. The predicted molar refractivity (Wildman–Crippen MR) is 85.5 cm³/mol. The number of nitrogens with zero attached hydrogens (tertiary/aromatic N) is 1. The molecule has 0 spiro atoms. The van der Waals surface area contributed by atoms with Crippen molar-refractivity contribution in [1.29, 1.82) is 0 Å². The van der Waals surface area contributed by atoms with Crippen LogP contribution in [0, 0.1) is 0 Å². The van der Waals surface area contributed by atoms with E-state index in [1.165, 1.54) is 4.88 Å². The van der Waals surface area contributed by atoms with E-state index in [2.05, 4.69) is 16.4 Å². The topological polar surface area (TPSA) is 36.1 Å². The summed E-state index contributed by atoms with van der Waals surface area (Å²) in [5.41, 5.74) is 1.85. The van der Waals surface area contributed by atoms with E-state index in [1.807, 2.05) is 41.4 Å². The van der Waals surface area contributed by atoms with Gasteiger partial charge in [0.25, 0.3) is 5.91 Å². The zero-order valence-corrected chi connectivity index (χ0v) is 12.4. The standard InChI is InChI=1S/C17H16N2OS/c20-17(13-3-6-16-12(10-13)7-8-18-16)19(14-4-5-14)11-15-2-1-9-21-15/h1-3,6-10,14,18H,4-5,11H2. The lowest BCUT2D eigenvalue weighted by molar-refractivity contribution is 0.0732. The van der Waals surface area contributed by atoms with Crippen LogP contribution in [-0.2, 0) is 6.54 Å². The first kappa shape index (κ1) is 12.7. The zero-order valence-electron chi connectivity index (χ0n) is 11.6. The molecule has 0 aliphatic heterocycles. The first-order valence-corrected chi connectivity index (χ1v) is 8.10. The number of aromatic nitrogens is 1. The van der Waals surface area contributed by atoms with E-state index in [0.717, 1.165) is 35.9 Å². The van der Waals surface area contributed by atoms with Crippen LogP contribution >= 0.6 is 11.3 Å². The van der Waals surface area contributed by atoms with Gasteiger partial charge in [-0.1, -0.05) is 6.07 Å². The van der Waals surface area contributed by atoms with Gasteiger partial charge in [0.05, 0.1) is 6.54 Å². The molecule has 1 aromatic carbocycles. The summed E-state index contributed by atoms with van der Waals surface area (Å²) in [4.78, 5) is 19.3. The first-order valence-electron chi connectivity index (χ1n) is 7.22. The van der Waals surface area contributed by atoms with Crippen molar-refractivity contribution in [2.75, 3.05) is 0 Å². The van der Waals surface area contributed by atoms with Crippen LogP contribution in [0.3, 0.4) is 0 Å². The Labute approximate surface area is 127 Å². The number of benzene rings is 1. The minimum Gasteiger partial charge on any atom is -0.361 e. The van der Waals surface area contributed by atoms with Gasteiger partial charge in [-0.2, -0.15) is 0 Å². The lowest BCUT2D eigenvalue weighted by Crippen LogP contribution is -2.32. The number of nitrogens with one attached hydrogen (secondary N) is 1. The number of hydrogen-bond acceptors (Lipinski definition) is 2. The molecule has 1 N–H and O–H groups in total. The van der Waals surface area contributed by atoms with E-state index in [-0.39, 0.29) is 5.91 Å². The summed E-state index contributed by atoms with van der Waals surface area (Å²) in [6, 6.07) is 12.5. The molecule has 4 heteroatoms. The van der Waals surface area contributed by atoms with Crippen molar-refractivity contribution >= 4 is 28.1 Å². The number of carbonyl (C=O) groups excluding carboxylic acids is 1. The highest BCUT2D eigenvalue weighted by Crippen LogP contribution is 2.31. The highest BCUT2D eigenvalue weighted by molar-refractivity contribution is 7.09. The molecular weight excluding hydrogens is 280 g/mol. The van der Waals surface area contributed by atoms with Gasteiger partial charge >= 0.3 is 0 Å². The fourth-order valence-corrected chi connectivity index (χ4v) is 3.38. The first-order chi connectivity index (χ1) is 10.3. The van der Waals surface area contributed by atoms with Crippen LogP contribution in [0.25, 0.3) is 10.9 Å². The average molecular weight is 296 g/mol. The third-order valence-corrected chi connectivity index (χ3v) is 4.82. The Morgan fingerprint density at radius 3 is 2.95 bits per heavy atom. The summed E-state index contributed by atoms with van der Waals surface area (Å²) in [7, 11) is 0. The largest absolute Gasteiger partial charge is 0.361 e. The molecular formula is C17H16N2OS. The van der Waals surface area contributed by atoms with Gasteiger partial charge in [0.2, 0.25) is 0 Å². The van der Waals surface area contributed by atoms with Crippen LogP contribution in [0.15, 0.2) is 48.0 Å². The third-order valence-electron chi connectivity index (χ3n) is 3.96. The van der Waals surface area contributed by atoms with E-state index in [1.54, 1.807) is 11.3 Å². The molecule has 3 nitrogen and oxygen atoms in total. The molecule has 1 aliphatic carbocycles. The number of fused-ring (bicyclic) bond motifs is 1. The molecule has 3 aromatic rings. The van der Waals surface area contributed by atoms with Crippen molar-refractivity contribution in [2.45, 2.75) is 25.4 Å². The Morgan fingerprint density at radius 2 is 2.19 bits per heavy atom. The van der Waals surface area contributed by atoms with Crippen molar-refractivity contribution in [3.63, 3.8) is 0 Å². The third kappa shape index (κ3) is 2.47. The number of carbonyl (C=O) groups is 1. The van der Waals surface area contributed by atoms with Crippen LogP contribution in [0.2, 0.25) is 0 Å². The van der Waals surface area contributed by atoms with Crippen molar-refractivity contribution < 1.29 is 4.79 Å². The number of amides is 1. The molecule has 1 saturated carbocycles. The Hall–Kier alpha value is -2.07. The smallest absolute Gasteiger partial charge is 0.254 e. The van der Waals surface area contributed by atoms with Gasteiger partial charge < -0.3 is 9.88 Å². The number of H-pyrrole nitrogens is 1. The van der Waals surface area contributed by atoms with Crippen LogP contribution in [0.1, 0.15) is 28.1 Å². The van der Waals surface area contributed by atoms with Crippen molar-refractivity contribution in [2.24, 2.45) is 0 Å². The maximum atomic E-state index is 12.8. The monoisotopic (exact) mass is 296 g/mol. The van der Waals surface area contributed by atoms with Gasteiger partial charge in [-0.25, -0.2) is 0 Å². The van der Waals surface area contributed by atoms with Crippen molar-refractivity contribution in [1.82, 2.24) is 9.88 Å². The highest BCUT2D eigenvalue weighted by Gasteiger charge is 2.33. The Balaban J connectivity index is 1.63. The summed E-state index contributed by atoms with van der Waals surface area (Å²) < 4.78 is 0. The normalized spacial score (nSPS) is 14.5. The Morgan fingerprint density at radius 1 is 1.29 bits per heavy atom. The predicted octanol–water partition coefficient (Wildman–Crippen LogP) is 4.03. The van der Waals surface area contributed by atoms with Gasteiger partial charge in [-0.3, -0.25) is 4.79 Å². The second-order valence-corrected chi connectivity index (χ2v) is 6.56. The van der Waals surface area contributed by atoms with E-state index in [0.29, 0.717) is 6.04 Å². The lowest BCUT2D eigenvalue weighted by atomic mass is 10.1. The quantitative estimate of drug-likeness (QED) is 0.775. The molecule has 106 valence electrons. The van der Waals surface area contributed by atoms with E-state index >= 15 is 0 Å². The summed E-state index contributed by atoms with van der Waals surface area (Å²) in [5, 5.41) is 3.16. The molecule has 4 rings (SSSR count). The summed E-state index contributed by atoms with van der Waals surface area (Å²) in [5.74, 6) is 0.147. The number of hydrogen-bond donors (Lipinski definition) is 1. The molecule has 1 aliphatic rings. The van der Waals surface area contributed by atoms with Gasteiger partial charge in [-0.05, 0) is 48.6 Å². The fraction of sp³-hybridized carbons (Fsp3) is 0.235. The van der Waals surface area contributed by atoms with E-state index < -0.39 is 0 Å². The number of aromatic amines is 1. The maximum Gasteiger partial charge on any atom is 0.254 e. The summed E-state index contributed by atoms with van der Waals surface area (Å²) in [6.07, 6.45) is 4.16. The molecule has 1 fully saturated rings. The van der Waals surface area contributed by atoms with E-state index in [9.17, 15) is 4.79 Å². The number of thiophene rings is 1. The van der Waals surface area contributed by atoms with Gasteiger partial charge in [0.15, 0.2) is 0 Å². The molecule has 2 heterocycles. The van der Waals surface area contributed by atoms with Crippen molar-refractivity contribution in [3.05, 3.63) is 58.4 Å². The molecule has 0 saturated heterocycles. The zero-order chi connectivity index (χ0) is 14.2. The van der Waals surface area contributed by atoms with Gasteiger partial charge in [-0.15, -0.1) is 11.3 Å². The molecule has 21 heavy (non-hydrogen) atoms. The van der Waals surface area contributed by atoms with Crippen LogP contribution in [0.5, 0.6) is 0 Å². The SMILES string of the molecule is O=C(c1ccc2[nH]ccc2c1)N(Cc1cccs1)C1CC1. The summed E-state index contributed by atoms with van der Waals surface area (Å²) in [6.45, 7) is 0.729. The number of rotatable bonds is 4. The second-order valence-electron chi connectivity index (χ2n) is 5.52. The molecule has 0 radical (unpaired) electrons. The van der Waals surface area contributed by atoms with Crippen LogP contribution < -0.4 is 0 Å². The van der Waals surface area contributed by atoms with Crippen LogP contribution in [-0.4, -0.2) is 21.8 Å². The van der Waals surface area contributed by atoms with Gasteiger partial charge in [0.1, 0.15) is 0 Å². The molecule has 2 aromatic heterocycles. The molecule has 0 atom stereocenters. The average Bonchev–Trinajstić information content (AvgIpc) is 3.02. The minimum atomic E-state index is 0.147. The van der Waals surface area contributed by atoms with E-state index in [4.69, 9.17) is 0 Å². The van der Waals surface area contributed by atoms with Gasteiger partial charge in [0, 0.05) is 33.6 Å². The van der Waals surface area contributed by atoms with Crippen LogP contribution in [0.4, 0.5) is 0 Å². The molecule has 0 bridgehead atoms. The second kappa shape index (κ2) is 5.04. The maximum absolute atomic E-state index is 12.8. The lowest BCUT2D eigenvalue weighted by Gasteiger charge is -2.22. The summed E-state index contributed by atoms with van der Waals surface area (Å²) >= 11 is 1.71. The minimum absolute atomic E-state index is 0.147. The Kier molecular flexibility index (Phi) is 3.04. The highest BCUT2D eigenvalue weighted by atomic mass is 32.1.